The summed E-state index contributed by atoms with van der Waals surface area (Å²) in [6.07, 6.45) is 8.67. The summed E-state index contributed by atoms with van der Waals surface area (Å²) in [7, 11) is 0. The standard InChI is InChI=1S/C23H32N2/c1-17-15-19(16-24-21-9-7-6-8-10-21)18(2)25(17)22-13-11-20(12-14-22)23(3,4)5/h11-16,21H,6-10H2,1-5H3. The monoisotopic (exact) mass is 336 g/mol. The van der Waals surface area contributed by atoms with Crippen LogP contribution in [0.4, 0.5) is 0 Å². The van der Waals surface area contributed by atoms with Crippen molar-refractivity contribution < 1.29 is 0 Å². The lowest BCUT2D eigenvalue weighted by molar-refractivity contribution is 0.444. The van der Waals surface area contributed by atoms with Gasteiger partial charge in [-0.05, 0) is 55.9 Å². The van der Waals surface area contributed by atoms with Crippen molar-refractivity contribution in [1.82, 2.24) is 4.57 Å². The van der Waals surface area contributed by atoms with E-state index in [1.807, 2.05) is 0 Å². The Kier molecular flexibility index (Phi) is 5.17. The molecule has 0 aliphatic heterocycles. The first-order chi connectivity index (χ1) is 11.9. The second kappa shape index (κ2) is 7.19. The van der Waals surface area contributed by atoms with Crippen molar-refractivity contribution in [3.8, 4) is 5.69 Å². The van der Waals surface area contributed by atoms with Gasteiger partial charge in [-0.3, -0.25) is 4.99 Å². The maximum Gasteiger partial charge on any atom is 0.0499 e. The molecule has 0 atom stereocenters. The molecule has 1 saturated carbocycles. The highest BCUT2D eigenvalue weighted by Gasteiger charge is 2.15. The molecular formula is C23H32N2. The largest absolute Gasteiger partial charge is 0.318 e. The van der Waals surface area contributed by atoms with Crippen molar-refractivity contribution >= 4 is 6.21 Å². The summed E-state index contributed by atoms with van der Waals surface area (Å²) in [4.78, 5) is 4.87. The molecule has 1 aromatic carbocycles. The minimum absolute atomic E-state index is 0.192. The van der Waals surface area contributed by atoms with Crippen LogP contribution >= 0.6 is 0 Å². The summed E-state index contributed by atoms with van der Waals surface area (Å²) >= 11 is 0. The fourth-order valence-corrected chi connectivity index (χ4v) is 3.84. The normalized spacial score (nSPS) is 16.7. The number of hydrogen-bond donors (Lipinski definition) is 0. The van der Waals surface area contributed by atoms with Crippen molar-refractivity contribution in [2.45, 2.75) is 78.2 Å². The first-order valence-electron chi connectivity index (χ1n) is 9.69. The van der Waals surface area contributed by atoms with E-state index >= 15 is 0 Å². The Hall–Kier alpha value is -1.83. The third-order valence-electron chi connectivity index (χ3n) is 5.46. The van der Waals surface area contributed by atoms with Crippen molar-refractivity contribution in [3.05, 3.63) is 52.8 Å². The van der Waals surface area contributed by atoms with Gasteiger partial charge in [-0.15, -0.1) is 0 Å². The zero-order chi connectivity index (χ0) is 18.0. The van der Waals surface area contributed by atoms with Gasteiger partial charge in [0.2, 0.25) is 0 Å². The zero-order valence-corrected chi connectivity index (χ0v) is 16.5. The highest BCUT2D eigenvalue weighted by atomic mass is 15.0. The second-order valence-electron chi connectivity index (χ2n) is 8.53. The van der Waals surface area contributed by atoms with Gasteiger partial charge in [0, 0.05) is 34.9 Å². The first kappa shape index (κ1) is 18.0. The van der Waals surface area contributed by atoms with Gasteiger partial charge < -0.3 is 4.57 Å². The van der Waals surface area contributed by atoms with Crippen LogP contribution in [0.5, 0.6) is 0 Å². The minimum atomic E-state index is 0.192. The number of rotatable bonds is 3. The van der Waals surface area contributed by atoms with Crippen LogP contribution in [-0.2, 0) is 5.41 Å². The topological polar surface area (TPSA) is 17.3 Å². The fourth-order valence-electron chi connectivity index (χ4n) is 3.84. The number of aryl methyl sites for hydroxylation is 1. The van der Waals surface area contributed by atoms with Crippen molar-refractivity contribution in [1.29, 1.82) is 0 Å². The van der Waals surface area contributed by atoms with Gasteiger partial charge in [-0.2, -0.15) is 0 Å². The van der Waals surface area contributed by atoms with E-state index in [0.29, 0.717) is 6.04 Å². The molecule has 25 heavy (non-hydrogen) atoms. The third kappa shape index (κ3) is 4.05. The van der Waals surface area contributed by atoms with Crippen molar-refractivity contribution in [2.75, 3.05) is 0 Å². The van der Waals surface area contributed by atoms with Gasteiger partial charge in [-0.1, -0.05) is 52.2 Å². The maximum atomic E-state index is 4.87. The maximum absolute atomic E-state index is 4.87. The minimum Gasteiger partial charge on any atom is -0.318 e. The van der Waals surface area contributed by atoms with E-state index in [2.05, 4.69) is 75.7 Å². The molecule has 2 nitrogen and oxygen atoms in total. The number of nitrogens with zero attached hydrogens (tertiary/aromatic N) is 2. The Morgan fingerprint density at radius 2 is 1.64 bits per heavy atom. The number of aliphatic imine (C=N–C) groups is 1. The first-order valence-corrected chi connectivity index (χ1v) is 9.69. The molecule has 0 N–H and O–H groups in total. The molecule has 3 rings (SSSR count). The van der Waals surface area contributed by atoms with Crippen LogP contribution in [-0.4, -0.2) is 16.8 Å². The zero-order valence-electron chi connectivity index (χ0n) is 16.5. The average Bonchev–Trinajstić information content (AvgIpc) is 2.87. The number of benzene rings is 1. The molecule has 1 aliphatic rings. The highest BCUT2D eigenvalue weighted by molar-refractivity contribution is 5.82. The van der Waals surface area contributed by atoms with Crippen LogP contribution in [0.2, 0.25) is 0 Å². The van der Waals surface area contributed by atoms with Gasteiger partial charge in [-0.25, -0.2) is 0 Å². The Balaban J connectivity index is 1.85. The quantitative estimate of drug-likeness (QED) is 0.599. The molecule has 1 heterocycles. The molecular weight excluding hydrogens is 304 g/mol. The smallest absolute Gasteiger partial charge is 0.0499 e. The van der Waals surface area contributed by atoms with Gasteiger partial charge >= 0.3 is 0 Å². The summed E-state index contributed by atoms with van der Waals surface area (Å²) in [5.74, 6) is 0. The van der Waals surface area contributed by atoms with E-state index in [-0.39, 0.29) is 5.41 Å². The van der Waals surface area contributed by atoms with Crippen molar-refractivity contribution in [3.63, 3.8) is 0 Å². The lowest BCUT2D eigenvalue weighted by atomic mass is 9.87. The van der Waals surface area contributed by atoms with E-state index in [9.17, 15) is 0 Å². The molecule has 0 unspecified atom stereocenters. The highest BCUT2D eigenvalue weighted by Crippen LogP contribution is 2.26. The van der Waals surface area contributed by atoms with Crippen molar-refractivity contribution in [2.24, 2.45) is 4.99 Å². The predicted molar refractivity (Wildman–Crippen MR) is 108 cm³/mol. The molecule has 0 radical (unpaired) electrons. The summed E-state index contributed by atoms with van der Waals surface area (Å²) in [5.41, 5.74) is 6.60. The van der Waals surface area contributed by atoms with E-state index in [0.717, 1.165) is 0 Å². The van der Waals surface area contributed by atoms with E-state index in [4.69, 9.17) is 4.99 Å². The SMILES string of the molecule is Cc1cc(C=NC2CCCCC2)c(C)n1-c1ccc(C(C)(C)C)cc1. The molecule has 2 heteroatoms. The number of hydrogen-bond acceptors (Lipinski definition) is 1. The van der Waals surface area contributed by atoms with Crippen LogP contribution in [0.25, 0.3) is 5.69 Å². The van der Waals surface area contributed by atoms with Gasteiger partial charge in [0.15, 0.2) is 0 Å². The lowest BCUT2D eigenvalue weighted by Crippen LogP contribution is -2.11. The van der Waals surface area contributed by atoms with E-state index in [1.165, 1.54) is 60.3 Å². The van der Waals surface area contributed by atoms with Crippen LogP contribution in [0, 0.1) is 13.8 Å². The Morgan fingerprint density at radius 3 is 2.24 bits per heavy atom. The summed E-state index contributed by atoms with van der Waals surface area (Å²) in [6.45, 7) is 11.2. The molecule has 1 aromatic heterocycles. The van der Waals surface area contributed by atoms with Crippen LogP contribution in [0.15, 0.2) is 35.3 Å². The molecule has 0 saturated heterocycles. The molecule has 0 bridgehead atoms. The second-order valence-corrected chi connectivity index (χ2v) is 8.53. The van der Waals surface area contributed by atoms with Crippen LogP contribution in [0.1, 0.15) is 75.4 Å². The Morgan fingerprint density at radius 1 is 1.00 bits per heavy atom. The fraction of sp³-hybridized carbons (Fsp3) is 0.522. The summed E-state index contributed by atoms with van der Waals surface area (Å²) in [5, 5.41) is 0. The summed E-state index contributed by atoms with van der Waals surface area (Å²) < 4.78 is 2.34. The van der Waals surface area contributed by atoms with E-state index in [1.54, 1.807) is 0 Å². The lowest BCUT2D eigenvalue weighted by Gasteiger charge is -2.20. The Labute approximate surface area is 153 Å². The van der Waals surface area contributed by atoms with Crippen LogP contribution < -0.4 is 0 Å². The third-order valence-corrected chi connectivity index (χ3v) is 5.46. The van der Waals surface area contributed by atoms with Gasteiger partial charge in [0.1, 0.15) is 0 Å². The van der Waals surface area contributed by atoms with Crippen LogP contribution in [0.3, 0.4) is 0 Å². The van der Waals surface area contributed by atoms with Gasteiger partial charge in [0.05, 0.1) is 0 Å². The van der Waals surface area contributed by atoms with E-state index < -0.39 is 0 Å². The molecule has 1 aliphatic carbocycles. The molecule has 0 spiro atoms. The molecule has 0 amide bonds. The predicted octanol–water partition coefficient (Wildman–Crippen LogP) is 6.14. The Bertz CT molecular complexity index is 736. The average molecular weight is 337 g/mol. The molecule has 1 fully saturated rings. The molecule has 134 valence electrons. The van der Waals surface area contributed by atoms with Gasteiger partial charge in [0.25, 0.3) is 0 Å². The summed E-state index contributed by atoms with van der Waals surface area (Å²) in [6, 6.07) is 11.8. The molecule has 2 aromatic rings. The number of aromatic nitrogens is 1.